The lowest BCUT2D eigenvalue weighted by molar-refractivity contribution is -0.109. The Morgan fingerprint density at radius 1 is 1.11 bits per heavy atom. The maximum absolute atomic E-state index is 12.7. The molecule has 0 radical (unpaired) electrons. The number of likely N-dealkylation sites (tertiary alicyclic amines) is 1. The summed E-state index contributed by atoms with van der Waals surface area (Å²) >= 11 is 1.52. The molecular weight excluding hydrogens is 458 g/mol. The van der Waals surface area contributed by atoms with Crippen LogP contribution in [0.1, 0.15) is 40.9 Å². The number of aromatic nitrogens is 2. The quantitative estimate of drug-likeness (QED) is 0.416. The van der Waals surface area contributed by atoms with Gasteiger partial charge in [0.15, 0.2) is 0 Å². The molecule has 3 aromatic heterocycles. The molecule has 1 aromatic carbocycles. The lowest BCUT2D eigenvalue weighted by Gasteiger charge is -2.30. The van der Waals surface area contributed by atoms with Gasteiger partial charge in [-0.1, -0.05) is 6.07 Å². The minimum atomic E-state index is -0.0184. The van der Waals surface area contributed by atoms with Gasteiger partial charge in [0, 0.05) is 34.3 Å². The second-order valence-electron chi connectivity index (χ2n) is 9.48. The molecule has 2 N–H and O–H groups in total. The Morgan fingerprint density at radius 2 is 1.94 bits per heavy atom. The first-order valence-electron chi connectivity index (χ1n) is 12.1. The fourth-order valence-electron chi connectivity index (χ4n) is 5.22. The predicted octanol–water partition coefficient (Wildman–Crippen LogP) is 4.43. The van der Waals surface area contributed by atoms with E-state index in [1.54, 1.807) is 0 Å². The van der Waals surface area contributed by atoms with Crippen molar-refractivity contribution in [3.8, 4) is 11.4 Å². The fourth-order valence-corrected chi connectivity index (χ4v) is 6.32. The van der Waals surface area contributed by atoms with E-state index in [1.807, 2.05) is 25.3 Å². The number of hydrogen-bond acceptors (Lipinski definition) is 7. The number of thiophene rings is 1. The van der Waals surface area contributed by atoms with Crippen LogP contribution in [0.4, 0.5) is 5.69 Å². The second-order valence-corrected chi connectivity index (χ2v) is 10.5. The maximum Gasteiger partial charge on any atom is 0.263 e. The summed E-state index contributed by atoms with van der Waals surface area (Å²) in [5, 5.41) is 8.63. The normalized spacial score (nSPS) is 19.2. The highest BCUT2D eigenvalue weighted by atomic mass is 32.1. The van der Waals surface area contributed by atoms with E-state index in [9.17, 15) is 9.59 Å². The summed E-state index contributed by atoms with van der Waals surface area (Å²) in [7, 11) is 0. The van der Waals surface area contributed by atoms with Crippen molar-refractivity contribution in [2.45, 2.75) is 31.7 Å². The third-order valence-corrected chi connectivity index (χ3v) is 8.29. The van der Waals surface area contributed by atoms with Crippen LogP contribution in [0.3, 0.4) is 0 Å². The van der Waals surface area contributed by atoms with E-state index in [2.05, 4.69) is 39.8 Å². The summed E-state index contributed by atoms with van der Waals surface area (Å²) in [4.78, 5) is 36.0. The van der Waals surface area contributed by atoms with Crippen LogP contribution in [-0.4, -0.2) is 59.3 Å². The number of amides is 1. The van der Waals surface area contributed by atoms with E-state index in [4.69, 9.17) is 9.97 Å². The van der Waals surface area contributed by atoms with Gasteiger partial charge in [0.1, 0.15) is 11.2 Å². The number of hydrogen-bond donors (Lipinski definition) is 2. The summed E-state index contributed by atoms with van der Waals surface area (Å²) in [5.41, 5.74) is 4.74. The van der Waals surface area contributed by atoms with E-state index >= 15 is 0 Å². The van der Waals surface area contributed by atoms with Gasteiger partial charge in [0.05, 0.1) is 29.1 Å². The van der Waals surface area contributed by atoms with Crippen molar-refractivity contribution >= 4 is 50.2 Å². The molecule has 8 heteroatoms. The SMILES string of the molecule is C[C@@H]1CNc2c(sc3ccc4nc(-c5ccc(C6CCN(CC=O)CC6)cn5)ccc4c23)C(=O)N1. The van der Waals surface area contributed by atoms with Crippen molar-refractivity contribution in [2.75, 3.05) is 31.5 Å². The van der Waals surface area contributed by atoms with Crippen LogP contribution in [0.15, 0.2) is 42.6 Å². The zero-order chi connectivity index (χ0) is 23.9. The monoisotopic (exact) mass is 485 g/mol. The molecule has 0 bridgehead atoms. The van der Waals surface area contributed by atoms with Gasteiger partial charge in [-0.3, -0.25) is 14.7 Å². The Bertz CT molecular complexity index is 1420. The molecule has 7 nitrogen and oxygen atoms in total. The number of carbonyl (C=O) groups is 2. The highest BCUT2D eigenvalue weighted by Gasteiger charge is 2.25. The molecule has 4 aromatic rings. The number of pyridine rings is 2. The minimum Gasteiger partial charge on any atom is -0.381 e. The predicted molar refractivity (Wildman–Crippen MR) is 140 cm³/mol. The third kappa shape index (κ3) is 4.06. The van der Waals surface area contributed by atoms with Crippen molar-refractivity contribution in [3.05, 3.63) is 53.0 Å². The number of benzene rings is 1. The first-order valence-corrected chi connectivity index (χ1v) is 13.0. The number of nitrogens with zero attached hydrogens (tertiary/aromatic N) is 3. The van der Waals surface area contributed by atoms with Gasteiger partial charge in [-0.2, -0.15) is 0 Å². The van der Waals surface area contributed by atoms with Gasteiger partial charge in [0.2, 0.25) is 0 Å². The second kappa shape index (κ2) is 9.02. The van der Waals surface area contributed by atoms with Crippen molar-refractivity contribution in [1.29, 1.82) is 0 Å². The van der Waals surface area contributed by atoms with Crippen LogP contribution < -0.4 is 10.6 Å². The number of nitrogens with one attached hydrogen (secondary N) is 2. The molecule has 0 unspecified atom stereocenters. The average molecular weight is 486 g/mol. The van der Waals surface area contributed by atoms with Crippen LogP contribution >= 0.6 is 11.3 Å². The lowest BCUT2D eigenvalue weighted by Crippen LogP contribution is -2.34. The zero-order valence-electron chi connectivity index (χ0n) is 19.6. The number of fused-ring (bicyclic) bond motifs is 5. The topological polar surface area (TPSA) is 87.2 Å². The van der Waals surface area contributed by atoms with Gasteiger partial charge in [-0.05, 0) is 74.7 Å². The van der Waals surface area contributed by atoms with Gasteiger partial charge < -0.3 is 15.4 Å². The Morgan fingerprint density at radius 3 is 2.71 bits per heavy atom. The smallest absolute Gasteiger partial charge is 0.263 e. The molecule has 2 aliphatic heterocycles. The molecule has 0 spiro atoms. The number of rotatable bonds is 4. The fraction of sp³-hybridized carbons (Fsp3) is 0.333. The summed E-state index contributed by atoms with van der Waals surface area (Å²) in [6.45, 7) is 5.13. The molecule has 1 saturated heterocycles. The summed E-state index contributed by atoms with van der Waals surface area (Å²) in [6, 6.07) is 12.5. The molecule has 2 aliphatic rings. The molecule has 1 fully saturated rings. The largest absolute Gasteiger partial charge is 0.381 e. The third-order valence-electron chi connectivity index (χ3n) is 7.13. The average Bonchev–Trinajstić information content (AvgIpc) is 3.21. The molecule has 178 valence electrons. The van der Waals surface area contributed by atoms with E-state index in [1.165, 1.54) is 16.9 Å². The minimum absolute atomic E-state index is 0.0184. The van der Waals surface area contributed by atoms with Crippen LogP contribution in [0.2, 0.25) is 0 Å². The molecule has 0 saturated carbocycles. The number of piperidine rings is 1. The number of anilines is 1. The van der Waals surface area contributed by atoms with Crippen LogP contribution in [0.5, 0.6) is 0 Å². The Balaban J connectivity index is 1.30. The van der Waals surface area contributed by atoms with Crippen molar-refractivity contribution in [3.63, 3.8) is 0 Å². The highest BCUT2D eigenvalue weighted by molar-refractivity contribution is 7.21. The van der Waals surface area contributed by atoms with Crippen molar-refractivity contribution < 1.29 is 9.59 Å². The van der Waals surface area contributed by atoms with Gasteiger partial charge in [-0.25, -0.2) is 4.98 Å². The van der Waals surface area contributed by atoms with Crippen LogP contribution in [-0.2, 0) is 4.79 Å². The Kier molecular flexibility index (Phi) is 5.70. The van der Waals surface area contributed by atoms with Crippen LogP contribution in [0.25, 0.3) is 32.4 Å². The van der Waals surface area contributed by atoms with Gasteiger partial charge in [0.25, 0.3) is 5.91 Å². The molecular formula is C27H27N5O2S. The van der Waals surface area contributed by atoms with E-state index in [0.29, 0.717) is 19.0 Å². The van der Waals surface area contributed by atoms with E-state index in [-0.39, 0.29) is 11.9 Å². The highest BCUT2D eigenvalue weighted by Crippen LogP contribution is 2.41. The Hall–Kier alpha value is -3.36. The molecule has 35 heavy (non-hydrogen) atoms. The summed E-state index contributed by atoms with van der Waals surface area (Å²) in [6.07, 6.45) is 5.07. The standard InChI is InChI=1S/C27H27N5O2S/c1-16-14-29-25-24-19-3-5-22(31-20(19)6-7-23(24)35-26(25)27(34)30-16)21-4-2-18(15-28-21)17-8-10-32(11-9-17)12-13-33/h2-7,13,15-17,29H,8-12,14H2,1H3,(H,30,34)/t16-/m1/s1. The summed E-state index contributed by atoms with van der Waals surface area (Å²) < 4.78 is 1.08. The lowest BCUT2D eigenvalue weighted by atomic mass is 9.90. The molecule has 5 heterocycles. The van der Waals surface area contributed by atoms with Gasteiger partial charge >= 0.3 is 0 Å². The first kappa shape index (κ1) is 22.1. The molecule has 6 rings (SSSR count). The molecule has 1 atom stereocenters. The Labute approximate surface area is 207 Å². The van der Waals surface area contributed by atoms with Crippen LogP contribution in [0, 0.1) is 0 Å². The van der Waals surface area contributed by atoms with Gasteiger partial charge in [-0.15, -0.1) is 11.3 Å². The summed E-state index contributed by atoms with van der Waals surface area (Å²) in [5.74, 6) is 0.466. The first-order chi connectivity index (χ1) is 17.1. The number of carbonyl (C=O) groups excluding carboxylic acids is 2. The molecule has 0 aliphatic carbocycles. The van der Waals surface area contributed by atoms with E-state index < -0.39 is 0 Å². The zero-order valence-corrected chi connectivity index (χ0v) is 20.4. The molecule has 1 amide bonds. The number of aldehydes is 1. The van der Waals surface area contributed by atoms with Crippen molar-refractivity contribution in [1.82, 2.24) is 20.2 Å². The van der Waals surface area contributed by atoms with Crippen molar-refractivity contribution in [2.24, 2.45) is 0 Å². The van der Waals surface area contributed by atoms with E-state index in [0.717, 1.165) is 75.2 Å². The maximum atomic E-state index is 12.7.